The monoisotopic (exact) mass is 698 g/mol. The van der Waals surface area contributed by atoms with E-state index in [-0.39, 0.29) is 23.7 Å². The molecule has 0 radical (unpaired) electrons. The van der Waals surface area contributed by atoms with Crippen molar-refractivity contribution in [3.05, 3.63) is 47.5 Å². The maximum absolute atomic E-state index is 13.9. The summed E-state index contributed by atoms with van der Waals surface area (Å²) in [4.78, 5) is 55.5. The van der Waals surface area contributed by atoms with Gasteiger partial charge in [-0.15, -0.1) is 0 Å². The molecular formula is C33H41F3N10O4. The van der Waals surface area contributed by atoms with Gasteiger partial charge in [0, 0.05) is 51.3 Å². The van der Waals surface area contributed by atoms with Crippen LogP contribution in [0.25, 0.3) is 11.2 Å². The van der Waals surface area contributed by atoms with Gasteiger partial charge in [0.15, 0.2) is 17.0 Å². The van der Waals surface area contributed by atoms with Crippen molar-refractivity contribution in [1.29, 1.82) is 5.26 Å². The highest BCUT2D eigenvalue weighted by Crippen LogP contribution is 2.28. The van der Waals surface area contributed by atoms with Crippen LogP contribution >= 0.6 is 0 Å². The number of hydrazine groups is 1. The smallest absolute Gasteiger partial charge is 0.475 e. The lowest BCUT2D eigenvalue weighted by molar-refractivity contribution is -0.192. The van der Waals surface area contributed by atoms with E-state index in [1.165, 1.54) is 0 Å². The van der Waals surface area contributed by atoms with E-state index in [1.807, 2.05) is 42.3 Å². The van der Waals surface area contributed by atoms with Crippen LogP contribution in [0.2, 0.25) is 0 Å². The van der Waals surface area contributed by atoms with E-state index in [2.05, 4.69) is 37.2 Å². The highest BCUT2D eigenvalue weighted by molar-refractivity contribution is 5.96. The predicted octanol–water partition coefficient (Wildman–Crippen LogP) is 3.27. The van der Waals surface area contributed by atoms with Crippen molar-refractivity contribution in [1.82, 2.24) is 39.2 Å². The molecule has 3 aliphatic rings. The van der Waals surface area contributed by atoms with Gasteiger partial charge in [0.2, 0.25) is 11.7 Å². The number of rotatable bonds is 7. The van der Waals surface area contributed by atoms with Gasteiger partial charge in [-0.05, 0) is 63.5 Å². The number of benzene rings is 1. The molecule has 50 heavy (non-hydrogen) atoms. The Kier molecular flexibility index (Phi) is 11.5. The maximum atomic E-state index is 13.9. The molecule has 1 aromatic carbocycles. The zero-order chi connectivity index (χ0) is 36.0. The van der Waals surface area contributed by atoms with E-state index in [0.29, 0.717) is 28.5 Å². The SMILES string of the molecule is CN1CCN(C(=O)C2CCN(Cc3ccc(C(=O)N(Nc4nc(C#N)nc5c4ncn5C)C4CCCC4)cc3)CC2)CC1.O=C(O)C(F)(F)F. The molecule has 4 heterocycles. The van der Waals surface area contributed by atoms with Crippen molar-refractivity contribution >= 4 is 34.8 Å². The highest BCUT2D eigenvalue weighted by atomic mass is 19.4. The molecule has 0 unspecified atom stereocenters. The minimum Gasteiger partial charge on any atom is -0.475 e. The Hall–Kier alpha value is -4.82. The summed E-state index contributed by atoms with van der Waals surface area (Å²) >= 11 is 0. The number of carboxylic acids is 1. The molecule has 6 rings (SSSR count). The van der Waals surface area contributed by atoms with Crippen LogP contribution in [0.3, 0.4) is 0 Å². The number of carboxylic acid groups (broad SMARTS) is 1. The second-order valence-corrected chi connectivity index (χ2v) is 12.9. The van der Waals surface area contributed by atoms with Gasteiger partial charge in [-0.2, -0.15) is 28.4 Å². The number of nitrogens with zero attached hydrogens (tertiary/aromatic N) is 9. The molecule has 0 bridgehead atoms. The van der Waals surface area contributed by atoms with E-state index >= 15 is 0 Å². The Labute approximate surface area is 287 Å². The average molecular weight is 699 g/mol. The number of piperidine rings is 1. The molecule has 2 aromatic heterocycles. The molecule has 1 aliphatic carbocycles. The lowest BCUT2D eigenvalue weighted by Crippen LogP contribution is -2.50. The third-order valence-electron chi connectivity index (χ3n) is 9.40. The number of alkyl halides is 3. The number of likely N-dealkylation sites (N-methyl/N-ethyl adjacent to an activating group) is 1. The summed E-state index contributed by atoms with van der Waals surface area (Å²) in [6, 6.07) is 9.86. The quantitative estimate of drug-likeness (QED) is 0.348. The molecule has 2 aliphatic heterocycles. The van der Waals surface area contributed by atoms with Crippen LogP contribution in [0.5, 0.6) is 0 Å². The number of aromatic nitrogens is 4. The van der Waals surface area contributed by atoms with Crippen molar-refractivity contribution in [2.24, 2.45) is 13.0 Å². The Morgan fingerprint density at radius 3 is 2.18 bits per heavy atom. The topological polar surface area (TPSA) is 164 Å². The number of aryl methyl sites for hydroxylation is 1. The Bertz CT molecular complexity index is 1700. The van der Waals surface area contributed by atoms with Crippen LogP contribution in [-0.4, -0.2) is 121 Å². The number of carbonyl (C=O) groups is 3. The van der Waals surface area contributed by atoms with Crippen LogP contribution in [0.1, 0.15) is 60.3 Å². The second-order valence-electron chi connectivity index (χ2n) is 12.9. The zero-order valence-corrected chi connectivity index (χ0v) is 28.1. The maximum Gasteiger partial charge on any atom is 0.490 e. The van der Waals surface area contributed by atoms with E-state index in [1.54, 1.807) is 15.9 Å². The fourth-order valence-corrected chi connectivity index (χ4v) is 6.49. The number of likely N-dealkylation sites (tertiary alicyclic amines) is 1. The number of amides is 2. The van der Waals surface area contributed by atoms with Crippen LogP contribution < -0.4 is 5.43 Å². The number of hydrogen-bond donors (Lipinski definition) is 2. The summed E-state index contributed by atoms with van der Waals surface area (Å²) < 4.78 is 33.5. The van der Waals surface area contributed by atoms with Crippen molar-refractivity contribution in [2.45, 2.75) is 57.3 Å². The van der Waals surface area contributed by atoms with Gasteiger partial charge < -0.3 is 19.5 Å². The fraction of sp³-hybridized carbons (Fsp3) is 0.545. The summed E-state index contributed by atoms with van der Waals surface area (Å²) in [6.45, 7) is 6.17. The first-order chi connectivity index (χ1) is 23.8. The van der Waals surface area contributed by atoms with E-state index in [4.69, 9.17) is 9.90 Å². The molecular weight excluding hydrogens is 657 g/mol. The van der Waals surface area contributed by atoms with Gasteiger partial charge in [-0.3, -0.25) is 19.9 Å². The molecule has 2 N–H and O–H groups in total. The normalized spacial score (nSPS) is 18.0. The van der Waals surface area contributed by atoms with Gasteiger partial charge in [0.05, 0.1) is 12.4 Å². The van der Waals surface area contributed by atoms with Gasteiger partial charge >= 0.3 is 12.1 Å². The lowest BCUT2D eigenvalue weighted by Gasteiger charge is -2.37. The Balaban J connectivity index is 0.000000630. The zero-order valence-electron chi connectivity index (χ0n) is 28.1. The molecule has 268 valence electrons. The Morgan fingerprint density at radius 2 is 1.60 bits per heavy atom. The number of nitrogens with one attached hydrogen (secondary N) is 1. The summed E-state index contributed by atoms with van der Waals surface area (Å²) in [7, 11) is 3.92. The van der Waals surface area contributed by atoms with Gasteiger partial charge in [0.1, 0.15) is 6.07 Å². The number of imidazole rings is 1. The van der Waals surface area contributed by atoms with Crippen LogP contribution in [0, 0.1) is 17.2 Å². The van der Waals surface area contributed by atoms with Crippen LogP contribution in [0.4, 0.5) is 19.0 Å². The molecule has 17 heteroatoms. The van der Waals surface area contributed by atoms with Crippen molar-refractivity contribution < 1.29 is 32.7 Å². The first-order valence-corrected chi connectivity index (χ1v) is 16.6. The van der Waals surface area contributed by atoms with Crippen molar-refractivity contribution in [3.8, 4) is 6.07 Å². The number of aliphatic carboxylic acids is 1. The van der Waals surface area contributed by atoms with Crippen molar-refractivity contribution in [3.63, 3.8) is 0 Å². The first kappa shape index (κ1) is 36.5. The summed E-state index contributed by atoms with van der Waals surface area (Å²) in [5, 5.41) is 18.3. The van der Waals surface area contributed by atoms with E-state index < -0.39 is 12.1 Å². The fourth-order valence-electron chi connectivity index (χ4n) is 6.49. The molecule has 3 aromatic rings. The Morgan fingerprint density at radius 1 is 0.980 bits per heavy atom. The highest BCUT2D eigenvalue weighted by Gasteiger charge is 2.38. The third-order valence-corrected chi connectivity index (χ3v) is 9.40. The molecule has 3 fully saturated rings. The third kappa shape index (κ3) is 8.85. The largest absolute Gasteiger partial charge is 0.490 e. The number of piperazine rings is 1. The number of nitriles is 1. The molecule has 2 saturated heterocycles. The minimum atomic E-state index is -5.08. The molecule has 0 spiro atoms. The number of halogens is 3. The summed E-state index contributed by atoms with van der Waals surface area (Å²) in [6.07, 6.45) is 2.23. The number of anilines is 1. The van der Waals surface area contributed by atoms with Crippen LogP contribution in [-0.2, 0) is 23.2 Å². The van der Waals surface area contributed by atoms with E-state index in [9.17, 15) is 28.0 Å². The van der Waals surface area contributed by atoms with Gasteiger partial charge in [-0.1, -0.05) is 25.0 Å². The standard InChI is InChI=1S/C31H40N10O2.C2HF3O2/c1-37-15-17-40(18-16-37)30(42)24-11-13-39(14-12-24)20-22-7-9-23(10-8-22)31(43)41(25-5-3-4-6-25)36-28-27-29(38(2)21-33-27)35-26(19-32)34-28;3-2(4,5)1(6)7/h7-10,21,24-25H,3-6,11-18,20H2,1-2H3,(H,34,35,36);(H,6,7). The van der Waals surface area contributed by atoms with Gasteiger partial charge in [0.25, 0.3) is 5.91 Å². The summed E-state index contributed by atoms with van der Waals surface area (Å²) in [5.74, 6) is -2.07. The summed E-state index contributed by atoms with van der Waals surface area (Å²) in [5.41, 5.74) is 6.01. The average Bonchev–Trinajstić information content (AvgIpc) is 3.78. The van der Waals surface area contributed by atoms with Gasteiger partial charge in [-0.25, -0.2) is 14.8 Å². The number of fused-ring (bicyclic) bond motifs is 1. The molecule has 2 amide bonds. The predicted molar refractivity (Wildman–Crippen MR) is 175 cm³/mol. The van der Waals surface area contributed by atoms with Crippen LogP contribution in [0.15, 0.2) is 30.6 Å². The number of carbonyl (C=O) groups excluding carboxylic acids is 2. The van der Waals surface area contributed by atoms with Crippen molar-refractivity contribution in [2.75, 3.05) is 51.7 Å². The first-order valence-electron chi connectivity index (χ1n) is 16.6. The second kappa shape index (κ2) is 15.8. The molecule has 1 saturated carbocycles. The molecule has 14 nitrogen and oxygen atoms in total. The number of hydrogen-bond acceptors (Lipinski definition) is 10. The lowest BCUT2D eigenvalue weighted by atomic mass is 9.94. The minimum absolute atomic E-state index is 0.0151. The molecule has 0 atom stereocenters. The van der Waals surface area contributed by atoms with E-state index in [0.717, 1.165) is 89.9 Å².